The van der Waals surface area contributed by atoms with Crippen molar-refractivity contribution in [2.45, 2.75) is 179 Å². The van der Waals surface area contributed by atoms with E-state index in [-0.39, 0.29) is 44.8 Å². The number of cyclic esters (lactones) is 1. The summed E-state index contributed by atoms with van der Waals surface area (Å²) in [6.07, 6.45) is -9.49. The van der Waals surface area contributed by atoms with E-state index in [2.05, 4.69) is 5.16 Å². The van der Waals surface area contributed by atoms with E-state index >= 15 is 0 Å². The minimum Gasteiger partial charge on any atom is -0.459 e. The summed E-state index contributed by atoms with van der Waals surface area (Å²) in [6.45, 7) is 17.3. The van der Waals surface area contributed by atoms with Crippen LogP contribution in [0, 0.1) is 23.7 Å². The van der Waals surface area contributed by atoms with Crippen LogP contribution in [0.15, 0.2) is 5.16 Å². The van der Waals surface area contributed by atoms with Crippen molar-refractivity contribution in [1.82, 2.24) is 4.90 Å². The van der Waals surface area contributed by atoms with Crippen LogP contribution in [0.1, 0.15) is 94.9 Å². The minimum atomic E-state index is -1.97. The van der Waals surface area contributed by atoms with Gasteiger partial charge in [-0.2, -0.15) is 0 Å². The average Bonchev–Trinajstić information content (AvgIpc) is 3.15. The molecule has 0 aromatic rings. The van der Waals surface area contributed by atoms with Gasteiger partial charge in [0.15, 0.2) is 12.6 Å². The molecule has 0 radical (unpaired) electrons. The number of likely N-dealkylation sites (N-methyl/N-ethyl adjacent to an activating group) is 1. The maximum Gasteiger partial charge on any atom is 0.311 e. The third kappa shape index (κ3) is 12.1. The fraction of sp³-hybridized carbons (Fsp3) is 0.951. The zero-order valence-corrected chi connectivity index (χ0v) is 37.3. The Balaban J connectivity index is 2.22. The van der Waals surface area contributed by atoms with E-state index < -0.39 is 102 Å². The molecule has 0 aliphatic carbocycles. The zero-order chi connectivity index (χ0) is 43.9. The number of hydrogen-bond acceptors (Lipinski definition) is 17. The van der Waals surface area contributed by atoms with E-state index in [1.54, 1.807) is 55.6 Å². The van der Waals surface area contributed by atoms with Crippen molar-refractivity contribution in [1.29, 1.82) is 0 Å². The largest absolute Gasteiger partial charge is 0.459 e. The molecule has 5 N–H and O–H groups in total. The molecule has 340 valence electrons. The number of carbonyl (C=O) groups excluding carboxylic acids is 1. The smallest absolute Gasteiger partial charge is 0.311 e. The van der Waals surface area contributed by atoms with Crippen LogP contribution in [0.2, 0.25) is 0 Å². The van der Waals surface area contributed by atoms with Crippen LogP contribution in [-0.2, 0) is 47.5 Å². The van der Waals surface area contributed by atoms with E-state index in [1.807, 2.05) is 32.8 Å². The summed E-state index contributed by atoms with van der Waals surface area (Å²) in [6, 6.07) is -0.328. The molecule has 0 spiro atoms. The highest BCUT2D eigenvalue weighted by molar-refractivity contribution is 5.88. The van der Waals surface area contributed by atoms with Gasteiger partial charge < -0.3 is 73.2 Å². The van der Waals surface area contributed by atoms with Crippen molar-refractivity contribution in [3.8, 4) is 0 Å². The summed E-state index contributed by atoms with van der Waals surface area (Å²) in [5.41, 5.74) is -4.49. The van der Waals surface area contributed by atoms with Crippen molar-refractivity contribution < 1.29 is 73.1 Å². The molecule has 0 aromatic carbocycles. The van der Waals surface area contributed by atoms with Crippen LogP contribution in [0.25, 0.3) is 0 Å². The van der Waals surface area contributed by atoms with Crippen LogP contribution in [0.4, 0.5) is 0 Å². The van der Waals surface area contributed by atoms with Gasteiger partial charge in [0.05, 0.1) is 66.6 Å². The van der Waals surface area contributed by atoms with Crippen molar-refractivity contribution >= 4 is 11.7 Å². The lowest BCUT2D eigenvalue weighted by Crippen LogP contribution is -2.61. The molecule has 3 saturated heterocycles. The van der Waals surface area contributed by atoms with Gasteiger partial charge in [-0.25, -0.2) is 0 Å². The predicted molar refractivity (Wildman–Crippen MR) is 212 cm³/mol. The predicted octanol–water partition coefficient (Wildman–Crippen LogP) is 2.21. The Morgan fingerprint density at radius 1 is 0.897 bits per heavy atom. The second-order valence-corrected chi connectivity index (χ2v) is 17.7. The summed E-state index contributed by atoms with van der Waals surface area (Å²) in [5, 5.41) is 63.6. The number of aliphatic hydroxyl groups is 5. The molecule has 3 aliphatic rings. The molecule has 17 nitrogen and oxygen atoms in total. The molecular weight excluding hydrogens is 760 g/mol. The number of rotatable bonds is 13. The molecular formula is C41H76N2O15. The molecule has 18 atom stereocenters. The first-order valence-corrected chi connectivity index (χ1v) is 20.8. The molecule has 0 amide bonds. The quantitative estimate of drug-likeness (QED) is 0.0778. The third-order valence-corrected chi connectivity index (χ3v) is 12.6. The van der Waals surface area contributed by atoms with E-state index in [0.717, 1.165) is 0 Å². The average molecular weight is 837 g/mol. The highest BCUT2D eigenvalue weighted by Crippen LogP contribution is 2.41. The van der Waals surface area contributed by atoms with Gasteiger partial charge in [-0.05, 0) is 74.9 Å². The van der Waals surface area contributed by atoms with Gasteiger partial charge in [-0.3, -0.25) is 4.79 Å². The van der Waals surface area contributed by atoms with Crippen molar-refractivity contribution in [3.63, 3.8) is 0 Å². The molecule has 58 heavy (non-hydrogen) atoms. The first kappa shape index (κ1) is 50.8. The molecule has 3 rings (SSSR count). The number of nitrogens with zero attached hydrogens (tertiary/aromatic N) is 2. The maximum absolute atomic E-state index is 14.3. The number of esters is 1. The molecule has 3 heterocycles. The molecule has 0 bridgehead atoms. The van der Waals surface area contributed by atoms with Crippen LogP contribution in [0.5, 0.6) is 0 Å². The Hall–Kier alpha value is -1.58. The van der Waals surface area contributed by atoms with Gasteiger partial charge in [0.2, 0.25) is 6.79 Å². The summed E-state index contributed by atoms with van der Waals surface area (Å²) in [5.74, 6) is -4.14. The molecule has 3 aliphatic heterocycles. The Morgan fingerprint density at radius 2 is 1.55 bits per heavy atom. The molecule has 3 fully saturated rings. The van der Waals surface area contributed by atoms with Gasteiger partial charge >= 0.3 is 5.97 Å². The topological polar surface area (TPSA) is 217 Å². The first-order valence-electron chi connectivity index (χ1n) is 20.8. The molecule has 2 unspecified atom stereocenters. The second kappa shape index (κ2) is 21.5. The SMILES string of the molecule is CCC1OC(=O)[C@H](C)C(O[C@H]2C[C@@](C)(OC)[C@@H](O)[C@H](C)O2)[C@H](C)[C@@H](O[C@@H]2O[C@H](C)C[C@H](N(C)C)[C@H]2O)[C@](C)(O)C[C@@H](C)/C(=N/OCOCCOC)[C@H](C)[C@@H](O)[C@]1(C)O. The van der Waals surface area contributed by atoms with E-state index in [0.29, 0.717) is 18.7 Å². The standard InChI is InChI=1S/C41H76N2O15/c1-15-29-41(10,49)34(45)24(4)31(42-53-21-52-17-16-50-13)22(2)19-39(8,48)36(58-38-32(44)28(43(11)12)18-23(3)54-38)25(5)33(26(6)37(47)56-29)57-30-20-40(9,51-14)35(46)27(7)55-30/h22-30,32-36,38,44-46,48-49H,15-21H2,1-14H3/b42-31-/t22-,23-,24+,25+,26-,27+,28+,29?,30+,32-,33?,34-,35+,36-,38+,39-,40-,41-/m1/s1. The fourth-order valence-corrected chi connectivity index (χ4v) is 8.93. The van der Waals surface area contributed by atoms with E-state index in [4.69, 9.17) is 42.7 Å². The van der Waals surface area contributed by atoms with Crippen LogP contribution in [0.3, 0.4) is 0 Å². The maximum atomic E-state index is 14.3. The first-order chi connectivity index (χ1) is 27.0. The van der Waals surface area contributed by atoms with Gasteiger partial charge in [0.25, 0.3) is 0 Å². The van der Waals surface area contributed by atoms with E-state index in [9.17, 15) is 30.3 Å². The third-order valence-electron chi connectivity index (χ3n) is 12.6. The summed E-state index contributed by atoms with van der Waals surface area (Å²) < 4.78 is 48.1. The zero-order valence-electron chi connectivity index (χ0n) is 37.3. The molecule has 0 aromatic heterocycles. The van der Waals surface area contributed by atoms with Crippen molar-refractivity contribution in [2.75, 3.05) is 48.3 Å². The van der Waals surface area contributed by atoms with Crippen LogP contribution in [-0.4, -0.2) is 175 Å². The normalized spacial score (nSPS) is 45.8. The summed E-state index contributed by atoms with van der Waals surface area (Å²) >= 11 is 0. The molecule has 0 saturated carbocycles. The van der Waals surface area contributed by atoms with Gasteiger partial charge in [0, 0.05) is 44.4 Å². The number of hydrogen-bond donors (Lipinski definition) is 5. The van der Waals surface area contributed by atoms with Crippen molar-refractivity contribution in [3.05, 3.63) is 0 Å². The lowest BCUT2D eigenvalue weighted by Gasteiger charge is -2.49. The second-order valence-electron chi connectivity index (χ2n) is 17.7. The van der Waals surface area contributed by atoms with E-state index in [1.165, 1.54) is 14.0 Å². The number of methoxy groups -OCH3 is 2. The number of ether oxygens (including phenoxy) is 8. The number of aliphatic hydroxyl groups excluding tert-OH is 3. The summed E-state index contributed by atoms with van der Waals surface area (Å²) in [4.78, 5) is 21.8. The number of carbonyl (C=O) groups is 1. The number of oxime groups is 1. The Morgan fingerprint density at radius 3 is 2.14 bits per heavy atom. The summed E-state index contributed by atoms with van der Waals surface area (Å²) in [7, 11) is 6.76. The highest BCUT2D eigenvalue weighted by Gasteiger charge is 2.53. The molecule has 17 heteroatoms. The van der Waals surface area contributed by atoms with Crippen LogP contribution < -0.4 is 0 Å². The Kier molecular flexibility index (Phi) is 18.8. The lowest BCUT2D eigenvalue weighted by molar-refractivity contribution is -0.317. The minimum absolute atomic E-state index is 0.0307. The van der Waals surface area contributed by atoms with Gasteiger partial charge in [-0.15, -0.1) is 0 Å². The monoisotopic (exact) mass is 837 g/mol. The Bertz CT molecular complexity index is 1300. The Labute approximate surface area is 345 Å². The fourth-order valence-electron chi connectivity index (χ4n) is 8.93. The van der Waals surface area contributed by atoms with Crippen LogP contribution >= 0.6 is 0 Å². The van der Waals surface area contributed by atoms with Gasteiger partial charge in [0.1, 0.15) is 23.9 Å². The highest BCUT2D eigenvalue weighted by atomic mass is 16.7. The van der Waals surface area contributed by atoms with Crippen molar-refractivity contribution in [2.24, 2.45) is 28.8 Å². The van der Waals surface area contributed by atoms with Gasteiger partial charge in [-0.1, -0.05) is 32.9 Å². The lowest BCUT2D eigenvalue weighted by atomic mass is 9.73.